The topological polar surface area (TPSA) is 87.7 Å². The van der Waals surface area contributed by atoms with Gasteiger partial charge in [-0.05, 0) is 60.5 Å². The Balaban J connectivity index is 1.48. The van der Waals surface area contributed by atoms with Crippen LogP contribution in [-0.2, 0) is 11.3 Å². The van der Waals surface area contributed by atoms with Crippen molar-refractivity contribution >= 4 is 34.9 Å². The molecule has 3 aromatic carbocycles. The van der Waals surface area contributed by atoms with Gasteiger partial charge < -0.3 is 20.5 Å². The van der Waals surface area contributed by atoms with Crippen molar-refractivity contribution in [1.29, 1.82) is 0 Å². The van der Waals surface area contributed by atoms with Crippen molar-refractivity contribution in [1.82, 2.24) is 0 Å². The molecule has 0 spiro atoms. The number of rotatable bonds is 8. The summed E-state index contributed by atoms with van der Waals surface area (Å²) < 4.78 is 5.52. The van der Waals surface area contributed by atoms with E-state index in [1.165, 1.54) is 0 Å². The van der Waals surface area contributed by atoms with Crippen molar-refractivity contribution in [2.45, 2.75) is 13.5 Å². The maximum absolute atomic E-state index is 12.1. The summed E-state index contributed by atoms with van der Waals surface area (Å²) in [5.74, 6) is -0.669. The maximum atomic E-state index is 12.1. The van der Waals surface area contributed by atoms with Crippen LogP contribution in [0.25, 0.3) is 0 Å². The van der Waals surface area contributed by atoms with E-state index in [2.05, 4.69) is 10.6 Å². The predicted octanol–water partition coefficient (Wildman–Crippen LogP) is 4.98. The van der Waals surface area contributed by atoms with E-state index in [0.717, 1.165) is 16.8 Å². The van der Waals surface area contributed by atoms with Gasteiger partial charge in [0.2, 0.25) is 0 Å². The van der Waals surface area contributed by atoms with E-state index >= 15 is 0 Å². The summed E-state index contributed by atoms with van der Waals surface area (Å²) in [7, 11) is 0. The number of hydrogen-bond acceptors (Lipinski definition) is 4. The lowest BCUT2D eigenvalue weighted by Gasteiger charge is -2.10. The van der Waals surface area contributed by atoms with E-state index < -0.39 is 5.97 Å². The number of aryl methyl sites for hydroxylation is 1. The molecule has 0 fully saturated rings. The number of carboxylic acids is 1. The quantitative estimate of drug-likeness (QED) is 0.475. The monoisotopic (exact) mass is 424 g/mol. The van der Waals surface area contributed by atoms with Crippen LogP contribution in [0.1, 0.15) is 21.5 Å². The zero-order valence-electron chi connectivity index (χ0n) is 16.3. The Labute approximate surface area is 179 Å². The van der Waals surface area contributed by atoms with E-state index in [4.69, 9.17) is 21.4 Å². The smallest absolute Gasteiger partial charge is 0.335 e. The average Bonchev–Trinajstić information content (AvgIpc) is 2.74. The van der Waals surface area contributed by atoms with Gasteiger partial charge in [0.05, 0.1) is 5.56 Å². The Morgan fingerprint density at radius 3 is 2.47 bits per heavy atom. The lowest BCUT2D eigenvalue weighted by molar-refractivity contribution is -0.118. The molecule has 3 aromatic rings. The summed E-state index contributed by atoms with van der Waals surface area (Å²) in [5.41, 5.74) is 3.50. The van der Waals surface area contributed by atoms with Gasteiger partial charge >= 0.3 is 5.97 Å². The standard InChI is InChI=1S/C23H21ClN2O4/c1-15-5-8-19(12-21(15)24)26-22(27)14-30-20-9-6-16(7-10-20)13-25-18-4-2-3-17(11-18)23(28)29/h2-12,25H,13-14H2,1H3,(H,26,27)(H,28,29). The molecule has 0 unspecified atom stereocenters. The van der Waals surface area contributed by atoms with Crippen molar-refractivity contribution in [2.75, 3.05) is 17.2 Å². The summed E-state index contributed by atoms with van der Waals surface area (Å²) in [6, 6.07) is 19.3. The molecule has 30 heavy (non-hydrogen) atoms. The zero-order chi connectivity index (χ0) is 21.5. The van der Waals surface area contributed by atoms with Crippen LogP contribution < -0.4 is 15.4 Å². The number of amides is 1. The third-order valence-electron chi connectivity index (χ3n) is 4.36. The van der Waals surface area contributed by atoms with Crippen molar-refractivity contribution in [3.05, 3.63) is 88.4 Å². The van der Waals surface area contributed by atoms with Crippen LogP contribution in [0.15, 0.2) is 66.7 Å². The first-order valence-corrected chi connectivity index (χ1v) is 9.63. The molecule has 3 N–H and O–H groups in total. The number of nitrogens with one attached hydrogen (secondary N) is 2. The Morgan fingerprint density at radius 1 is 1.00 bits per heavy atom. The first kappa shape index (κ1) is 21.2. The van der Waals surface area contributed by atoms with Crippen LogP contribution >= 0.6 is 11.6 Å². The summed E-state index contributed by atoms with van der Waals surface area (Å²) >= 11 is 6.06. The SMILES string of the molecule is Cc1ccc(NC(=O)COc2ccc(CNc3cccc(C(=O)O)c3)cc2)cc1Cl. The van der Waals surface area contributed by atoms with Crippen LogP contribution in [-0.4, -0.2) is 23.6 Å². The fourth-order valence-electron chi connectivity index (χ4n) is 2.69. The predicted molar refractivity (Wildman–Crippen MR) is 117 cm³/mol. The van der Waals surface area contributed by atoms with Crippen LogP contribution in [0.5, 0.6) is 5.75 Å². The molecule has 0 bridgehead atoms. The van der Waals surface area contributed by atoms with Crippen molar-refractivity contribution < 1.29 is 19.4 Å². The molecule has 0 saturated heterocycles. The minimum atomic E-state index is -0.963. The third-order valence-corrected chi connectivity index (χ3v) is 4.76. The molecule has 0 aliphatic carbocycles. The normalized spacial score (nSPS) is 10.3. The third kappa shape index (κ3) is 5.99. The number of halogens is 1. The summed E-state index contributed by atoms with van der Waals surface area (Å²) in [6.07, 6.45) is 0. The number of anilines is 2. The van der Waals surface area contributed by atoms with Gasteiger partial charge in [-0.25, -0.2) is 4.79 Å². The van der Waals surface area contributed by atoms with Crippen LogP contribution in [0.4, 0.5) is 11.4 Å². The molecule has 0 aliphatic rings. The van der Waals surface area contributed by atoms with E-state index in [1.54, 1.807) is 42.5 Å². The molecule has 154 valence electrons. The number of carbonyl (C=O) groups is 2. The second kappa shape index (κ2) is 9.80. The number of benzene rings is 3. The first-order valence-electron chi connectivity index (χ1n) is 9.26. The Kier molecular flexibility index (Phi) is 6.93. The molecule has 6 nitrogen and oxygen atoms in total. The van der Waals surface area contributed by atoms with Crippen LogP contribution in [0.2, 0.25) is 5.02 Å². The van der Waals surface area contributed by atoms with Gasteiger partial charge in [-0.3, -0.25) is 4.79 Å². The minimum Gasteiger partial charge on any atom is -0.484 e. The molecule has 0 saturated carbocycles. The summed E-state index contributed by atoms with van der Waals surface area (Å²) in [5, 5.41) is 15.6. The molecule has 0 radical (unpaired) electrons. The summed E-state index contributed by atoms with van der Waals surface area (Å²) in [4.78, 5) is 23.1. The molecule has 3 rings (SSSR count). The fourth-order valence-corrected chi connectivity index (χ4v) is 2.87. The average molecular weight is 425 g/mol. The minimum absolute atomic E-state index is 0.120. The highest BCUT2D eigenvalue weighted by molar-refractivity contribution is 6.31. The molecular formula is C23H21ClN2O4. The number of aromatic carboxylic acids is 1. The van der Waals surface area contributed by atoms with Crippen molar-refractivity contribution in [2.24, 2.45) is 0 Å². The van der Waals surface area contributed by atoms with Crippen molar-refractivity contribution in [3.8, 4) is 5.75 Å². The Morgan fingerprint density at radius 2 is 1.77 bits per heavy atom. The molecule has 0 atom stereocenters. The highest BCUT2D eigenvalue weighted by Gasteiger charge is 2.06. The second-order valence-corrected chi connectivity index (χ2v) is 7.09. The molecule has 0 aromatic heterocycles. The van der Waals surface area contributed by atoms with Gasteiger partial charge in [0.1, 0.15) is 5.75 Å². The van der Waals surface area contributed by atoms with Gasteiger partial charge in [-0.2, -0.15) is 0 Å². The van der Waals surface area contributed by atoms with Gasteiger partial charge in [0, 0.05) is 22.9 Å². The lowest BCUT2D eigenvalue weighted by Crippen LogP contribution is -2.20. The lowest BCUT2D eigenvalue weighted by atomic mass is 10.2. The van der Waals surface area contributed by atoms with E-state index in [0.29, 0.717) is 23.0 Å². The largest absolute Gasteiger partial charge is 0.484 e. The Bertz CT molecular complexity index is 1050. The maximum Gasteiger partial charge on any atom is 0.335 e. The molecular weight excluding hydrogens is 404 g/mol. The van der Waals surface area contributed by atoms with Gasteiger partial charge in [0.25, 0.3) is 5.91 Å². The fraction of sp³-hybridized carbons (Fsp3) is 0.130. The van der Waals surface area contributed by atoms with E-state index in [9.17, 15) is 9.59 Å². The zero-order valence-corrected chi connectivity index (χ0v) is 17.1. The first-order chi connectivity index (χ1) is 14.4. The number of hydrogen-bond donors (Lipinski definition) is 3. The van der Waals surface area contributed by atoms with Crippen LogP contribution in [0.3, 0.4) is 0 Å². The van der Waals surface area contributed by atoms with Crippen molar-refractivity contribution in [3.63, 3.8) is 0 Å². The number of carbonyl (C=O) groups excluding carboxylic acids is 1. The van der Waals surface area contributed by atoms with Gasteiger partial charge in [0.15, 0.2) is 6.61 Å². The highest BCUT2D eigenvalue weighted by Crippen LogP contribution is 2.20. The van der Waals surface area contributed by atoms with E-state index in [-0.39, 0.29) is 18.1 Å². The highest BCUT2D eigenvalue weighted by atomic mass is 35.5. The Hall–Kier alpha value is -3.51. The molecule has 0 heterocycles. The number of carboxylic acid groups (broad SMARTS) is 1. The molecule has 0 aliphatic heterocycles. The summed E-state index contributed by atoms with van der Waals surface area (Å²) in [6.45, 7) is 2.30. The van der Waals surface area contributed by atoms with E-state index in [1.807, 2.05) is 31.2 Å². The van der Waals surface area contributed by atoms with Crippen LogP contribution in [0, 0.1) is 6.92 Å². The second-order valence-electron chi connectivity index (χ2n) is 6.68. The molecule has 7 heteroatoms. The number of ether oxygens (including phenoxy) is 1. The molecule has 1 amide bonds. The van der Waals surface area contributed by atoms with Gasteiger partial charge in [-0.1, -0.05) is 35.9 Å². The van der Waals surface area contributed by atoms with Gasteiger partial charge in [-0.15, -0.1) is 0 Å².